The maximum atomic E-state index is 11.7. The van der Waals surface area contributed by atoms with Crippen molar-refractivity contribution in [2.24, 2.45) is 0 Å². The molecule has 0 radical (unpaired) electrons. The van der Waals surface area contributed by atoms with Crippen LogP contribution < -0.4 is 16.0 Å². The highest BCUT2D eigenvalue weighted by atomic mass is 16.6. The third-order valence-corrected chi connectivity index (χ3v) is 3.36. The van der Waals surface area contributed by atoms with E-state index in [1.54, 1.807) is 44.2 Å². The Kier molecular flexibility index (Phi) is 6.09. The van der Waals surface area contributed by atoms with E-state index >= 15 is 0 Å². The van der Waals surface area contributed by atoms with Crippen molar-refractivity contribution in [1.29, 1.82) is 0 Å². The van der Waals surface area contributed by atoms with E-state index < -0.39 is 23.6 Å². The number of hydrogen-bond acceptors (Lipinski definition) is 6. The van der Waals surface area contributed by atoms with Crippen molar-refractivity contribution in [3.05, 3.63) is 62.9 Å². The topological polar surface area (TPSA) is 114 Å². The summed E-state index contributed by atoms with van der Waals surface area (Å²) in [7, 11) is 0. The Morgan fingerprint density at radius 2 is 2.00 bits per heavy atom. The molecule has 0 saturated heterocycles. The number of amides is 1. The van der Waals surface area contributed by atoms with E-state index in [1.807, 2.05) is 0 Å². The van der Waals surface area contributed by atoms with Crippen molar-refractivity contribution < 1.29 is 19.5 Å². The summed E-state index contributed by atoms with van der Waals surface area (Å²) in [5.41, 5.74) is -0.698. The molecule has 0 bridgehead atoms. The molecule has 9 heteroatoms. The molecule has 2 rings (SSSR count). The predicted octanol–water partition coefficient (Wildman–Crippen LogP) is 1.27. The monoisotopic (exact) mass is 349 g/mol. The van der Waals surface area contributed by atoms with Crippen LogP contribution in [0.1, 0.15) is 18.7 Å². The van der Waals surface area contributed by atoms with Crippen molar-refractivity contribution >= 4 is 6.09 Å². The Labute approximate surface area is 143 Å². The van der Waals surface area contributed by atoms with E-state index in [-0.39, 0.29) is 13.2 Å². The summed E-state index contributed by atoms with van der Waals surface area (Å²) in [5, 5.41) is 10.0. The van der Waals surface area contributed by atoms with E-state index in [0.29, 0.717) is 16.4 Å². The second-order valence-corrected chi connectivity index (χ2v) is 5.25. The quantitative estimate of drug-likeness (QED) is 0.600. The normalized spacial score (nSPS) is 11.8. The van der Waals surface area contributed by atoms with E-state index in [4.69, 9.17) is 9.47 Å². The van der Waals surface area contributed by atoms with Crippen molar-refractivity contribution in [2.45, 2.75) is 20.1 Å². The highest BCUT2D eigenvalue weighted by Gasteiger charge is 2.15. The van der Waals surface area contributed by atoms with Gasteiger partial charge in [0, 0.05) is 11.8 Å². The maximum Gasteiger partial charge on any atom is 0.439 e. The average Bonchev–Trinajstić information content (AvgIpc) is 2.58. The number of hydrogen-bond donors (Lipinski definition) is 2. The van der Waals surface area contributed by atoms with Gasteiger partial charge in [0.25, 0.3) is 5.56 Å². The number of nitrogens with one attached hydrogen (secondary N) is 1. The van der Waals surface area contributed by atoms with Gasteiger partial charge in [0.1, 0.15) is 12.0 Å². The van der Waals surface area contributed by atoms with Crippen LogP contribution in [0.2, 0.25) is 0 Å². The van der Waals surface area contributed by atoms with Gasteiger partial charge in [-0.1, -0.05) is 18.2 Å². The molecular weight excluding hydrogens is 330 g/mol. The average molecular weight is 349 g/mol. The lowest BCUT2D eigenvalue weighted by Gasteiger charge is -2.18. The Balaban J connectivity index is 1.85. The summed E-state index contributed by atoms with van der Waals surface area (Å²) >= 11 is 0. The molecule has 1 atom stereocenters. The van der Waals surface area contributed by atoms with Crippen LogP contribution in [0.4, 0.5) is 4.79 Å². The van der Waals surface area contributed by atoms with Gasteiger partial charge in [0.2, 0.25) is 0 Å². The molecule has 0 spiro atoms. The van der Waals surface area contributed by atoms with Gasteiger partial charge in [-0.25, -0.2) is 9.59 Å². The number of carbonyl (C=O) groups excluding carboxylic acids is 1. The fraction of sp³-hybridized carbons (Fsp3) is 0.312. The van der Waals surface area contributed by atoms with Crippen LogP contribution in [0, 0.1) is 6.92 Å². The molecule has 1 aromatic heterocycles. The largest absolute Gasteiger partial charge is 0.439 e. The van der Waals surface area contributed by atoms with Crippen LogP contribution in [0.15, 0.2) is 46.1 Å². The van der Waals surface area contributed by atoms with Crippen molar-refractivity contribution in [3.63, 3.8) is 0 Å². The minimum Gasteiger partial charge on any atom is -0.409 e. The second-order valence-electron chi connectivity index (χ2n) is 5.25. The lowest BCUT2D eigenvalue weighted by molar-refractivity contribution is -0.0881. The fourth-order valence-electron chi connectivity index (χ4n) is 1.98. The number of aromatic amines is 1. The molecule has 0 fully saturated rings. The minimum atomic E-state index is -0.945. The highest BCUT2D eigenvalue weighted by molar-refractivity contribution is 5.69. The highest BCUT2D eigenvalue weighted by Crippen LogP contribution is 2.10. The SMILES string of the molecule is Cc1cn(C(C)OCCN(O)C(=O)Oc2ccccc2)c(=O)[nH]c1=O. The molecule has 1 amide bonds. The van der Waals surface area contributed by atoms with Crippen LogP contribution in [-0.2, 0) is 4.74 Å². The Hall–Kier alpha value is -2.91. The molecule has 1 heterocycles. The van der Waals surface area contributed by atoms with Gasteiger partial charge >= 0.3 is 11.8 Å². The van der Waals surface area contributed by atoms with Crippen LogP contribution in [0.3, 0.4) is 0 Å². The molecule has 0 aliphatic rings. The summed E-state index contributed by atoms with van der Waals surface area (Å²) in [6.07, 6.45) is -0.257. The summed E-state index contributed by atoms with van der Waals surface area (Å²) in [4.78, 5) is 36.9. The molecule has 0 aliphatic carbocycles. The van der Waals surface area contributed by atoms with Crippen molar-refractivity contribution in [2.75, 3.05) is 13.2 Å². The Bertz CT molecular complexity index is 830. The molecule has 1 aromatic carbocycles. The number of carbonyl (C=O) groups is 1. The van der Waals surface area contributed by atoms with E-state index in [2.05, 4.69) is 4.98 Å². The molecular formula is C16H19N3O6. The fourth-order valence-corrected chi connectivity index (χ4v) is 1.98. The first-order chi connectivity index (χ1) is 11.9. The number of hydroxylamine groups is 2. The first-order valence-electron chi connectivity index (χ1n) is 7.55. The first kappa shape index (κ1) is 18.4. The van der Waals surface area contributed by atoms with Gasteiger partial charge in [-0.15, -0.1) is 0 Å². The first-order valence-corrected chi connectivity index (χ1v) is 7.55. The maximum absolute atomic E-state index is 11.7. The number of benzene rings is 1. The number of ether oxygens (including phenoxy) is 2. The molecule has 134 valence electrons. The van der Waals surface area contributed by atoms with Crippen LogP contribution in [-0.4, -0.2) is 39.1 Å². The van der Waals surface area contributed by atoms with Crippen molar-refractivity contribution in [1.82, 2.24) is 14.6 Å². The number of H-pyrrole nitrogens is 1. The zero-order valence-corrected chi connectivity index (χ0v) is 13.8. The van der Waals surface area contributed by atoms with Crippen LogP contribution in [0.5, 0.6) is 5.75 Å². The Morgan fingerprint density at radius 1 is 1.32 bits per heavy atom. The van der Waals surface area contributed by atoms with Crippen LogP contribution in [0.25, 0.3) is 0 Å². The van der Waals surface area contributed by atoms with Gasteiger partial charge in [0.05, 0.1) is 13.2 Å². The van der Waals surface area contributed by atoms with Gasteiger partial charge in [0.15, 0.2) is 0 Å². The second kappa shape index (κ2) is 8.27. The predicted molar refractivity (Wildman–Crippen MR) is 87.7 cm³/mol. The zero-order chi connectivity index (χ0) is 18.4. The van der Waals surface area contributed by atoms with Crippen molar-refractivity contribution in [3.8, 4) is 5.75 Å². The van der Waals surface area contributed by atoms with Gasteiger partial charge in [-0.2, -0.15) is 5.06 Å². The van der Waals surface area contributed by atoms with Gasteiger partial charge < -0.3 is 9.47 Å². The summed E-state index contributed by atoms with van der Waals surface area (Å²) in [5.74, 6) is 0.302. The zero-order valence-electron chi connectivity index (χ0n) is 13.8. The minimum absolute atomic E-state index is 0.0494. The number of para-hydroxylation sites is 1. The lowest BCUT2D eigenvalue weighted by Crippen LogP contribution is -2.36. The number of aryl methyl sites for hydroxylation is 1. The van der Waals surface area contributed by atoms with Gasteiger partial charge in [-0.3, -0.25) is 19.6 Å². The number of rotatable bonds is 6. The molecule has 9 nitrogen and oxygen atoms in total. The molecule has 2 aromatic rings. The smallest absolute Gasteiger partial charge is 0.409 e. The Morgan fingerprint density at radius 3 is 2.68 bits per heavy atom. The molecule has 1 unspecified atom stereocenters. The third-order valence-electron chi connectivity index (χ3n) is 3.36. The molecule has 0 aliphatic heterocycles. The van der Waals surface area contributed by atoms with E-state index in [9.17, 15) is 19.6 Å². The lowest BCUT2D eigenvalue weighted by atomic mass is 10.3. The number of aromatic nitrogens is 2. The molecule has 2 N–H and O–H groups in total. The van der Waals surface area contributed by atoms with Crippen LogP contribution >= 0.6 is 0 Å². The van der Waals surface area contributed by atoms with E-state index in [1.165, 1.54) is 10.8 Å². The summed E-state index contributed by atoms with van der Waals surface area (Å²) in [6, 6.07) is 8.31. The summed E-state index contributed by atoms with van der Waals surface area (Å²) in [6.45, 7) is 2.96. The summed E-state index contributed by atoms with van der Waals surface area (Å²) < 4.78 is 11.6. The van der Waals surface area contributed by atoms with Gasteiger partial charge in [-0.05, 0) is 26.0 Å². The molecule has 25 heavy (non-hydrogen) atoms. The van der Waals surface area contributed by atoms with E-state index in [0.717, 1.165) is 0 Å². The molecule has 0 saturated carbocycles. The third kappa shape index (κ3) is 5.03. The number of nitrogens with zero attached hydrogens (tertiary/aromatic N) is 2. The standard InChI is InChI=1S/C16H19N3O6/c1-11-10-18(15(21)17-14(11)20)12(2)24-9-8-19(23)16(22)25-13-6-4-3-5-7-13/h3-7,10,12,23H,8-9H2,1-2H3,(H,17,20,21).